The van der Waals surface area contributed by atoms with Gasteiger partial charge in [0.1, 0.15) is 11.6 Å². The second kappa shape index (κ2) is 11.9. The van der Waals surface area contributed by atoms with Crippen molar-refractivity contribution in [2.24, 2.45) is 0 Å². The van der Waals surface area contributed by atoms with E-state index in [1.54, 1.807) is 42.6 Å². The largest absolute Gasteiger partial charge is 0.497 e. The van der Waals surface area contributed by atoms with Crippen LogP contribution in [0.25, 0.3) is 0 Å². The molecule has 1 aromatic heterocycles. The number of benzene rings is 2. The molecule has 8 nitrogen and oxygen atoms in total. The zero-order valence-corrected chi connectivity index (χ0v) is 18.5. The van der Waals surface area contributed by atoms with Crippen LogP contribution in [-0.4, -0.2) is 47.0 Å². The van der Waals surface area contributed by atoms with Crippen molar-refractivity contribution in [2.45, 2.75) is 24.8 Å². The van der Waals surface area contributed by atoms with E-state index in [1.165, 1.54) is 37.6 Å². The molecule has 2 aromatic carbocycles. The first-order chi connectivity index (χ1) is 16.4. The summed E-state index contributed by atoms with van der Waals surface area (Å²) in [6, 6.07) is 15.0. The Morgan fingerprint density at radius 1 is 1.09 bits per heavy atom. The first-order valence-corrected chi connectivity index (χ1v) is 10.6. The van der Waals surface area contributed by atoms with Gasteiger partial charge in [0.2, 0.25) is 5.91 Å². The lowest BCUT2D eigenvalue weighted by Gasteiger charge is -2.22. The SMILES string of the molecule is COc1cccc(C(CC(=O)NC(Cc2ccc(F)cc2)B(O)O)NC(=O)c2cccnc2)c1. The molecule has 10 heteroatoms. The minimum Gasteiger partial charge on any atom is -0.497 e. The highest BCUT2D eigenvalue weighted by Crippen LogP contribution is 2.22. The van der Waals surface area contributed by atoms with Gasteiger partial charge in [-0.15, -0.1) is 0 Å². The number of rotatable bonds is 10. The average Bonchev–Trinajstić information content (AvgIpc) is 2.85. The van der Waals surface area contributed by atoms with Gasteiger partial charge in [0.15, 0.2) is 0 Å². The van der Waals surface area contributed by atoms with Crippen molar-refractivity contribution in [1.29, 1.82) is 0 Å². The minimum absolute atomic E-state index is 0.0789. The van der Waals surface area contributed by atoms with Crippen LogP contribution in [0.5, 0.6) is 5.75 Å². The molecule has 1 heterocycles. The summed E-state index contributed by atoms with van der Waals surface area (Å²) in [6.07, 6.45) is 2.87. The smallest absolute Gasteiger partial charge is 0.475 e. The number of hydrogen-bond donors (Lipinski definition) is 4. The second-order valence-corrected chi connectivity index (χ2v) is 7.67. The molecule has 0 bridgehead atoms. The van der Waals surface area contributed by atoms with Crippen molar-refractivity contribution in [3.8, 4) is 5.75 Å². The number of pyridine rings is 1. The van der Waals surface area contributed by atoms with Crippen molar-refractivity contribution < 1.29 is 28.8 Å². The zero-order chi connectivity index (χ0) is 24.5. The van der Waals surface area contributed by atoms with Gasteiger partial charge in [-0.2, -0.15) is 0 Å². The van der Waals surface area contributed by atoms with E-state index in [1.807, 2.05) is 0 Å². The number of amides is 2. The molecule has 0 aliphatic rings. The van der Waals surface area contributed by atoms with Crippen LogP contribution in [0.4, 0.5) is 4.39 Å². The number of hydrogen-bond acceptors (Lipinski definition) is 6. The third kappa shape index (κ3) is 7.13. The summed E-state index contributed by atoms with van der Waals surface area (Å²) >= 11 is 0. The molecule has 2 amide bonds. The summed E-state index contributed by atoms with van der Waals surface area (Å²) < 4.78 is 18.4. The van der Waals surface area contributed by atoms with Crippen LogP contribution in [0.2, 0.25) is 0 Å². The van der Waals surface area contributed by atoms with Crippen LogP contribution in [0, 0.1) is 5.82 Å². The molecular weight excluding hydrogens is 440 g/mol. The lowest BCUT2D eigenvalue weighted by molar-refractivity contribution is -0.122. The number of nitrogens with one attached hydrogen (secondary N) is 2. The maximum absolute atomic E-state index is 13.2. The van der Waals surface area contributed by atoms with E-state index in [0.29, 0.717) is 22.4 Å². The summed E-state index contributed by atoms with van der Waals surface area (Å²) in [6.45, 7) is 0. The number of carbonyl (C=O) groups excluding carboxylic acids is 2. The van der Waals surface area contributed by atoms with Crippen LogP contribution in [-0.2, 0) is 11.2 Å². The Hall–Kier alpha value is -3.76. The lowest BCUT2D eigenvalue weighted by atomic mass is 9.76. The van der Waals surface area contributed by atoms with E-state index in [-0.39, 0.29) is 12.8 Å². The molecule has 0 aliphatic carbocycles. The predicted octanol–water partition coefficient (Wildman–Crippen LogP) is 1.83. The lowest BCUT2D eigenvalue weighted by Crippen LogP contribution is -2.48. The summed E-state index contributed by atoms with van der Waals surface area (Å²) in [5, 5.41) is 25.0. The van der Waals surface area contributed by atoms with Crippen LogP contribution < -0.4 is 15.4 Å². The number of aromatic nitrogens is 1. The Bertz CT molecular complexity index is 1100. The number of methoxy groups -OCH3 is 1. The fourth-order valence-corrected chi connectivity index (χ4v) is 3.41. The summed E-state index contributed by atoms with van der Waals surface area (Å²) in [5.41, 5.74) is 1.58. The van der Waals surface area contributed by atoms with E-state index in [2.05, 4.69) is 15.6 Å². The second-order valence-electron chi connectivity index (χ2n) is 7.67. The van der Waals surface area contributed by atoms with Gasteiger partial charge in [0.25, 0.3) is 5.91 Å². The molecule has 0 saturated carbocycles. The zero-order valence-electron chi connectivity index (χ0n) is 18.5. The molecular formula is C24H25BFN3O5. The van der Waals surface area contributed by atoms with Crippen molar-refractivity contribution >= 4 is 18.9 Å². The highest BCUT2D eigenvalue weighted by molar-refractivity contribution is 6.43. The number of nitrogens with zero attached hydrogens (tertiary/aromatic N) is 1. The van der Waals surface area contributed by atoms with Gasteiger partial charge in [-0.05, 0) is 53.9 Å². The van der Waals surface area contributed by atoms with Crippen LogP contribution in [0.1, 0.15) is 33.9 Å². The van der Waals surface area contributed by atoms with Gasteiger partial charge >= 0.3 is 7.12 Å². The molecule has 176 valence electrons. The van der Waals surface area contributed by atoms with Crippen molar-refractivity contribution in [2.75, 3.05) is 7.11 Å². The topological polar surface area (TPSA) is 121 Å². The molecule has 4 N–H and O–H groups in total. The van der Waals surface area contributed by atoms with Crippen molar-refractivity contribution in [1.82, 2.24) is 15.6 Å². The van der Waals surface area contributed by atoms with Gasteiger partial charge in [-0.25, -0.2) is 4.39 Å². The maximum Gasteiger partial charge on any atom is 0.475 e. The Labute approximate surface area is 197 Å². The van der Waals surface area contributed by atoms with Gasteiger partial charge in [0.05, 0.1) is 31.1 Å². The van der Waals surface area contributed by atoms with Crippen molar-refractivity contribution in [3.05, 3.63) is 95.6 Å². The maximum atomic E-state index is 13.2. The molecule has 34 heavy (non-hydrogen) atoms. The molecule has 3 rings (SSSR count). The Balaban J connectivity index is 1.76. The van der Waals surface area contributed by atoms with Gasteiger partial charge < -0.3 is 25.4 Å². The third-order valence-electron chi connectivity index (χ3n) is 5.19. The molecule has 0 spiro atoms. The van der Waals surface area contributed by atoms with Gasteiger partial charge in [-0.3, -0.25) is 14.6 Å². The van der Waals surface area contributed by atoms with Crippen LogP contribution in [0.3, 0.4) is 0 Å². The van der Waals surface area contributed by atoms with Gasteiger partial charge in [0, 0.05) is 12.4 Å². The first-order valence-electron chi connectivity index (χ1n) is 10.6. The predicted molar refractivity (Wildman–Crippen MR) is 124 cm³/mol. The number of ether oxygens (including phenoxy) is 1. The standard InChI is InChI=1S/C24H25BFN3O5/c1-34-20-6-2-4-17(13-20)21(28-24(31)18-5-3-11-27-15-18)14-23(30)29-22(25(32)33)12-16-7-9-19(26)10-8-16/h2-11,13,15,21-22,32-33H,12,14H2,1H3,(H,28,31)(H,29,30). The number of halogens is 1. The van der Waals surface area contributed by atoms with E-state index in [4.69, 9.17) is 4.74 Å². The van der Waals surface area contributed by atoms with E-state index in [0.717, 1.165) is 0 Å². The summed E-state index contributed by atoms with van der Waals surface area (Å²) in [4.78, 5) is 29.5. The van der Waals surface area contributed by atoms with Crippen LogP contribution >= 0.6 is 0 Å². The Morgan fingerprint density at radius 3 is 2.50 bits per heavy atom. The Kier molecular flexibility index (Phi) is 8.72. The molecule has 2 atom stereocenters. The van der Waals surface area contributed by atoms with Crippen molar-refractivity contribution in [3.63, 3.8) is 0 Å². The minimum atomic E-state index is -1.84. The fourth-order valence-electron chi connectivity index (χ4n) is 3.41. The highest BCUT2D eigenvalue weighted by Gasteiger charge is 2.27. The van der Waals surface area contributed by atoms with E-state index < -0.39 is 36.7 Å². The normalized spacial score (nSPS) is 12.4. The fraction of sp³-hybridized carbons (Fsp3) is 0.208. The van der Waals surface area contributed by atoms with Crippen LogP contribution in [0.15, 0.2) is 73.1 Å². The highest BCUT2D eigenvalue weighted by atomic mass is 19.1. The summed E-state index contributed by atoms with van der Waals surface area (Å²) in [7, 11) is -0.327. The van der Waals surface area contributed by atoms with Gasteiger partial charge in [-0.1, -0.05) is 24.3 Å². The molecule has 0 fully saturated rings. The monoisotopic (exact) mass is 465 g/mol. The third-order valence-corrected chi connectivity index (χ3v) is 5.19. The summed E-state index contributed by atoms with van der Waals surface area (Å²) in [5.74, 6) is -1.82. The molecule has 0 radical (unpaired) electrons. The first kappa shape index (κ1) is 24.9. The van der Waals surface area contributed by atoms with E-state index in [9.17, 15) is 24.0 Å². The molecule has 0 aliphatic heterocycles. The number of carbonyl (C=O) groups is 2. The average molecular weight is 465 g/mol. The van der Waals surface area contributed by atoms with E-state index >= 15 is 0 Å². The molecule has 2 unspecified atom stereocenters. The Morgan fingerprint density at radius 2 is 1.85 bits per heavy atom. The molecule has 0 saturated heterocycles. The molecule has 3 aromatic rings. The quantitative estimate of drug-likeness (QED) is 0.339.